The van der Waals surface area contributed by atoms with Crippen molar-refractivity contribution in [3.05, 3.63) is 26.8 Å². The van der Waals surface area contributed by atoms with Gasteiger partial charge in [0.2, 0.25) is 0 Å². The first kappa shape index (κ1) is 10.6. The lowest BCUT2D eigenvalue weighted by molar-refractivity contribution is -0.138. The summed E-state index contributed by atoms with van der Waals surface area (Å²) < 4.78 is 37.1. The van der Waals surface area contributed by atoms with Crippen LogP contribution in [0.25, 0.3) is 0 Å². The molecule has 0 heterocycles. The summed E-state index contributed by atoms with van der Waals surface area (Å²) >= 11 is 1.60. The molecule has 0 unspecified atom stereocenters. The van der Waals surface area contributed by atoms with Crippen LogP contribution in [0.3, 0.4) is 0 Å². The van der Waals surface area contributed by atoms with Crippen molar-refractivity contribution in [2.45, 2.75) is 13.1 Å². The van der Waals surface area contributed by atoms with E-state index in [4.69, 9.17) is 5.73 Å². The topological polar surface area (TPSA) is 26.0 Å². The van der Waals surface area contributed by atoms with Crippen molar-refractivity contribution < 1.29 is 13.2 Å². The van der Waals surface area contributed by atoms with Gasteiger partial charge in [0.05, 0.1) is 5.56 Å². The molecule has 0 bridgehead atoms. The van der Waals surface area contributed by atoms with E-state index in [2.05, 4.69) is 0 Å². The molecule has 0 aliphatic heterocycles. The van der Waals surface area contributed by atoms with Crippen LogP contribution in [0.1, 0.15) is 11.1 Å². The van der Waals surface area contributed by atoms with Gasteiger partial charge in [0.15, 0.2) is 0 Å². The van der Waals surface area contributed by atoms with Crippen LogP contribution < -0.4 is 5.73 Å². The summed E-state index contributed by atoms with van der Waals surface area (Å²) in [6.07, 6.45) is -4.32. The van der Waals surface area contributed by atoms with Crippen LogP contribution in [-0.2, 0) is 6.18 Å². The Morgan fingerprint density at radius 3 is 2.31 bits per heavy atom. The number of aryl methyl sites for hydroxylation is 1. The molecule has 0 saturated heterocycles. The van der Waals surface area contributed by atoms with E-state index in [-0.39, 0.29) is 9.26 Å². The molecule has 0 aromatic heterocycles. The molecule has 5 heteroatoms. The zero-order valence-electron chi connectivity index (χ0n) is 6.74. The van der Waals surface area contributed by atoms with Gasteiger partial charge < -0.3 is 5.73 Å². The Bertz CT molecular complexity index is 333. The van der Waals surface area contributed by atoms with Crippen LogP contribution in [0, 0.1) is 10.5 Å². The number of anilines is 1. The molecule has 0 radical (unpaired) electrons. The molecular formula is C8H7F3IN. The summed E-state index contributed by atoms with van der Waals surface area (Å²) in [6, 6.07) is 2.62. The van der Waals surface area contributed by atoms with Gasteiger partial charge in [-0.1, -0.05) is 0 Å². The van der Waals surface area contributed by atoms with Crippen LogP contribution in [0.5, 0.6) is 0 Å². The molecular weight excluding hydrogens is 294 g/mol. The summed E-state index contributed by atoms with van der Waals surface area (Å²) in [5.74, 6) is 0. The highest BCUT2D eigenvalue weighted by Crippen LogP contribution is 2.35. The maximum atomic E-state index is 12.3. The fraction of sp³-hybridized carbons (Fsp3) is 0.250. The summed E-state index contributed by atoms with van der Waals surface area (Å²) in [6.45, 7) is 1.58. The Hall–Kier alpha value is -0.460. The first-order chi connectivity index (χ1) is 5.82. The second-order valence-electron chi connectivity index (χ2n) is 2.71. The van der Waals surface area contributed by atoms with E-state index in [0.717, 1.165) is 6.07 Å². The Morgan fingerprint density at radius 2 is 1.85 bits per heavy atom. The first-order valence-corrected chi connectivity index (χ1v) is 4.53. The van der Waals surface area contributed by atoms with Crippen LogP contribution >= 0.6 is 22.6 Å². The highest BCUT2D eigenvalue weighted by atomic mass is 127. The van der Waals surface area contributed by atoms with Crippen molar-refractivity contribution in [1.82, 2.24) is 0 Å². The molecule has 0 aliphatic carbocycles. The molecule has 1 nitrogen and oxygen atoms in total. The van der Waals surface area contributed by atoms with Gasteiger partial charge in [-0.3, -0.25) is 0 Å². The smallest absolute Gasteiger partial charge is 0.398 e. The zero-order valence-corrected chi connectivity index (χ0v) is 8.90. The number of benzene rings is 1. The summed E-state index contributed by atoms with van der Waals surface area (Å²) in [5.41, 5.74) is 5.44. The standard InChI is InChI=1S/C8H7F3IN/c1-4-2-5(8(9,10)11)7(12)6(13)3-4/h2-3H,13H2,1H3. The van der Waals surface area contributed by atoms with Gasteiger partial charge in [-0.2, -0.15) is 13.2 Å². The number of hydrogen-bond donors (Lipinski definition) is 1. The fourth-order valence-electron chi connectivity index (χ4n) is 1.00. The van der Waals surface area contributed by atoms with Crippen molar-refractivity contribution >= 4 is 28.3 Å². The lowest BCUT2D eigenvalue weighted by atomic mass is 10.1. The van der Waals surface area contributed by atoms with Crippen LogP contribution in [0.4, 0.5) is 18.9 Å². The minimum Gasteiger partial charge on any atom is -0.398 e. The summed E-state index contributed by atoms with van der Waals surface area (Å²) in [4.78, 5) is 0. The highest BCUT2D eigenvalue weighted by Gasteiger charge is 2.33. The minimum absolute atomic E-state index is 0.0655. The van der Waals surface area contributed by atoms with Crippen molar-refractivity contribution in [2.75, 3.05) is 5.73 Å². The Labute approximate surface area is 87.3 Å². The fourth-order valence-corrected chi connectivity index (χ4v) is 1.62. The average molecular weight is 301 g/mol. The van der Waals surface area contributed by atoms with Gasteiger partial charge >= 0.3 is 6.18 Å². The first-order valence-electron chi connectivity index (χ1n) is 3.45. The number of nitrogens with two attached hydrogens (primary N) is 1. The van der Waals surface area contributed by atoms with Gasteiger partial charge in [0.25, 0.3) is 0 Å². The summed E-state index contributed by atoms with van der Waals surface area (Å²) in [5, 5.41) is 0. The maximum Gasteiger partial charge on any atom is 0.417 e. The van der Waals surface area contributed by atoms with Crippen LogP contribution in [0.15, 0.2) is 12.1 Å². The number of hydrogen-bond acceptors (Lipinski definition) is 1. The minimum atomic E-state index is -4.32. The number of halogens is 4. The third-order valence-electron chi connectivity index (χ3n) is 1.55. The van der Waals surface area contributed by atoms with E-state index in [1.54, 1.807) is 29.5 Å². The molecule has 0 spiro atoms. The number of alkyl halides is 3. The normalized spacial score (nSPS) is 11.8. The van der Waals surface area contributed by atoms with Crippen molar-refractivity contribution in [1.29, 1.82) is 0 Å². The average Bonchev–Trinajstić information content (AvgIpc) is 1.94. The number of rotatable bonds is 0. The second kappa shape index (κ2) is 3.36. The van der Waals surface area contributed by atoms with Gasteiger partial charge in [0.1, 0.15) is 0 Å². The molecule has 0 saturated carbocycles. The Kier molecular flexibility index (Phi) is 2.74. The molecule has 2 N–H and O–H groups in total. The molecule has 1 rings (SSSR count). The predicted molar refractivity (Wildman–Crippen MR) is 53.3 cm³/mol. The largest absolute Gasteiger partial charge is 0.417 e. The molecule has 72 valence electrons. The Morgan fingerprint density at radius 1 is 1.31 bits per heavy atom. The molecule has 13 heavy (non-hydrogen) atoms. The molecule has 0 amide bonds. The van der Waals surface area contributed by atoms with Gasteiger partial charge in [-0.15, -0.1) is 0 Å². The van der Waals surface area contributed by atoms with E-state index >= 15 is 0 Å². The number of nitrogen functional groups attached to an aromatic ring is 1. The van der Waals surface area contributed by atoms with E-state index in [1.807, 2.05) is 0 Å². The molecule has 0 atom stereocenters. The van der Waals surface area contributed by atoms with E-state index in [1.165, 1.54) is 6.07 Å². The zero-order chi connectivity index (χ0) is 10.2. The lowest BCUT2D eigenvalue weighted by Crippen LogP contribution is -2.09. The van der Waals surface area contributed by atoms with Crippen LogP contribution in [0.2, 0.25) is 0 Å². The van der Waals surface area contributed by atoms with E-state index in [0.29, 0.717) is 5.56 Å². The van der Waals surface area contributed by atoms with Gasteiger partial charge in [-0.05, 0) is 47.2 Å². The lowest BCUT2D eigenvalue weighted by Gasteiger charge is -2.11. The molecule has 0 fully saturated rings. The monoisotopic (exact) mass is 301 g/mol. The van der Waals surface area contributed by atoms with Crippen molar-refractivity contribution in [2.24, 2.45) is 0 Å². The van der Waals surface area contributed by atoms with Crippen molar-refractivity contribution in [3.63, 3.8) is 0 Å². The Balaban J connectivity index is 3.37. The molecule has 1 aromatic carbocycles. The summed E-state index contributed by atoms with van der Waals surface area (Å²) in [7, 11) is 0. The quantitative estimate of drug-likeness (QED) is 0.578. The molecule has 1 aromatic rings. The molecule has 0 aliphatic rings. The van der Waals surface area contributed by atoms with Gasteiger partial charge in [-0.25, -0.2) is 0 Å². The second-order valence-corrected chi connectivity index (χ2v) is 3.79. The third kappa shape index (κ3) is 2.26. The predicted octanol–water partition coefficient (Wildman–Crippen LogP) is 3.20. The van der Waals surface area contributed by atoms with Crippen LogP contribution in [-0.4, -0.2) is 0 Å². The van der Waals surface area contributed by atoms with E-state index < -0.39 is 11.7 Å². The van der Waals surface area contributed by atoms with E-state index in [9.17, 15) is 13.2 Å². The SMILES string of the molecule is Cc1cc(N)c(I)c(C(F)(F)F)c1. The third-order valence-corrected chi connectivity index (χ3v) is 2.75. The highest BCUT2D eigenvalue weighted by molar-refractivity contribution is 14.1. The maximum absolute atomic E-state index is 12.3. The van der Waals surface area contributed by atoms with Crippen molar-refractivity contribution in [3.8, 4) is 0 Å². The van der Waals surface area contributed by atoms with Gasteiger partial charge in [0, 0.05) is 9.26 Å².